The van der Waals surface area contributed by atoms with Crippen LogP contribution in [0.1, 0.15) is 33.6 Å². The first-order valence-corrected chi connectivity index (χ1v) is 7.88. The van der Waals surface area contributed by atoms with Gasteiger partial charge in [-0.1, -0.05) is 26.8 Å². The number of hydrogen-bond donors (Lipinski definition) is 2. The molecule has 116 valence electrons. The summed E-state index contributed by atoms with van der Waals surface area (Å²) < 4.78 is 0. The van der Waals surface area contributed by atoms with Crippen LogP contribution >= 0.6 is 0 Å². The Bertz CT molecular complexity index is 304. The fraction of sp³-hybridized carbons (Fsp3) is 0.812. The number of nitrogens with zero attached hydrogens (tertiary/aromatic N) is 2. The van der Waals surface area contributed by atoms with E-state index in [4.69, 9.17) is 0 Å². The van der Waals surface area contributed by atoms with Gasteiger partial charge in [0.2, 0.25) is 0 Å². The van der Waals surface area contributed by atoms with Crippen molar-refractivity contribution >= 4 is 5.96 Å². The smallest absolute Gasteiger partial charge is 0.191 e. The van der Waals surface area contributed by atoms with Gasteiger partial charge in [0, 0.05) is 26.2 Å². The van der Waals surface area contributed by atoms with Crippen LogP contribution in [-0.2, 0) is 0 Å². The Morgan fingerprint density at radius 3 is 2.50 bits per heavy atom. The minimum Gasteiger partial charge on any atom is -0.355 e. The molecule has 0 aromatic rings. The minimum absolute atomic E-state index is 0.574. The third-order valence-electron chi connectivity index (χ3n) is 4.17. The summed E-state index contributed by atoms with van der Waals surface area (Å²) in [4.78, 5) is 6.88. The fourth-order valence-corrected chi connectivity index (χ4v) is 2.74. The van der Waals surface area contributed by atoms with Crippen LogP contribution in [0.15, 0.2) is 17.6 Å². The molecule has 20 heavy (non-hydrogen) atoms. The first-order valence-electron chi connectivity index (χ1n) is 7.88. The normalized spacial score (nSPS) is 19.9. The highest BCUT2D eigenvalue weighted by atomic mass is 15.2. The average molecular weight is 280 g/mol. The van der Waals surface area contributed by atoms with E-state index in [1.807, 2.05) is 13.1 Å². The van der Waals surface area contributed by atoms with Crippen molar-refractivity contribution in [3.05, 3.63) is 12.7 Å². The van der Waals surface area contributed by atoms with Crippen molar-refractivity contribution in [1.82, 2.24) is 15.5 Å². The van der Waals surface area contributed by atoms with Gasteiger partial charge in [-0.2, -0.15) is 0 Å². The molecule has 1 rings (SSSR count). The zero-order chi connectivity index (χ0) is 15.0. The number of likely N-dealkylation sites (tertiary alicyclic amines) is 1. The predicted molar refractivity (Wildman–Crippen MR) is 88.2 cm³/mol. The number of hydrogen-bond acceptors (Lipinski definition) is 2. The van der Waals surface area contributed by atoms with E-state index in [1.54, 1.807) is 0 Å². The van der Waals surface area contributed by atoms with Crippen molar-refractivity contribution in [1.29, 1.82) is 0 Å². The van der Waals surface area contributed by atoms with E-state index in [9.17, 15) is 0 Å². The van der Waals surface area contributed by atoms with Gasteiger partial charge in [-0.05, 0) is 37.8 Å². The molecule has 1 unspecified atom stereocenters. The van der Waals surface area contributed by atoms with Crippen LogP contribution in [0, 0.1) is 11.8 Å². The van der Waals surface area contributed by atoms with Crippen LogP contribution in [0.4, 0.5) is 0 Å². The average Bonchev–Trinajstić information content (AvgIpc) is 2.44. The van der Waals surface area contributed by atoms with Gasteiger partial charge in [0.25, 0.3) is 0 Å². The Morgan fingerprint density at radius 2 is 2.00 bits per heavy atom. The van der Waals surface area contributed by atoms with Gasteiger partial charge in [-0.25, -0.2) is 0 Å². The van der Waals surface area contributed by atoms with E-state index in [-0.39, 0.29) is 0 Å². The molecule has 0 amide bonds. The SMILES string of the molecule is C=CCNC(=NC)NCC(C(C)C)N1CCC(C)CC1. The molecule has 1 heterocycles. The van der Waals surface area contributed by atoms with E-state index in [2.05, 4.69) is 47.9 Å². The summed E-state index contributed by atoms with van der Waals surface area (Å²) in [5.74, 6) is 2.39. The zero-order valence-corrected chi connectivity index (χ0v) is 13.7. The standard InChI is InChI=1S/C16H32N4/c1-6-9-18-16(17-5)19-12-15(13(2)3)20-10-7-14(4)8-11-20/h6,13-15H,1,7-12H2,2-5H3,(H2,17,18,19). The lowest BCUT2D eigenvalue weighted by Gasteiger charge is -2.39. The number of rotatable bonds is 6. The second-order valence-corrected chi connectivity index (χ2v) is 6.15. The van der Waals surface area contributed by atoms with Gasteiger partial charge in [-0.3, -0.25) is 9.89 Å². The summed E-state index contributed by atoms with van der Waals surface area (Å²) in [5.41, 5.74) is 0. The monoisotopic (exact) mass is 280 g/mol. The Labute approximate surface area is 124 Å². The van der Waals surface area contributed by atoms with Crippen LogP contribution in [0.3, 0.4) is 0 Å². The molecule has 0 saturated carbocycles. The van der Waals surface area contributed by atoms with E-state index < -0.39 is 0 Å². The molecule has 0 aromatic carbocycles. The van der Waals surface area contributed by atoms with Crippen molar-refractivity contribution < 1.29 is 0 Å². The van der Waals surface area contributed by atoms with E-state index >= 15 is 0 Å². The predicted octanol–water partition coefficient (Wildman–Crippen LogP) is 2.09. The molecule has 1 saturated heterocycles. The van der Waals surface area contributed by atoms with Crippen molar-refractivity contribution in [3.8, 4) is 0 Å². The Kier molecular flexibility index (Phi) is 7.67. The van der Waals surface area contributed by atoms with Crippen molar-refractivity contribution in [3.63, 3.8) is 0 Å². The third kappa shape index (κ3) is 5.53. The molecule has 0 aromatic heterocycles. The van der Waals surface area contributed by atoms with Crippen molar-refractivity contribution in [2.24, 2.45) is 16.8 Å². The first-order chi connectivity index (χ1) is 9.58. The topological polar surface area (TPSA) is 39.7 Å². The summed E-state index contributed by atoms with van der Waals surface area (Å²) in [6.07, 6.45) is 4.50. The molecule has 0 aliphatic carbocycles. The van der Waals surface area contributed by atoms with Gasteiger partial charge in [0.1, 0.15) is 0 Å². The molecule has 0 bridgehead atoms. The summed E-state index contributed by atoms with van der Waals surface area (Å²) in [6, 6.07) is 0.574. The molecule has 4 heteroatoms. The van der Waals surface area contributed by atoms with E-state index in [0.717, 1.165) is 25.0 Å². The number of guanidine groups is 1. The van der Waals surface area contributed by atoms with Gasteiger partial charge in [-0.15, -0.1) is 6.58 Å². The van der Waals surface area contributed by atoms with Crippen LogP contribution < -0.4 is 10.6 Å². The van der Waals surface area contributed by atoms with Gasteiger partial charge >= 0.3 is 0 Å². The summed E-state index contributed by atoms with van der Waals surface area (Å²) in [6.45, 7) is 14.8. The number of aliphatic imine (C=N–C) groups is 1. The maximum atomic E-state index is 4.24. The maximum Gasteiger partial charge on any atom is 0.191 e. The second kappa shape index (κ2) is 9.01. The molecule has 1 atom stereocenters. The van der Waals surface area contributed by atoms with E-state index in [1.165, 1.54) is 25.9 Å². The first kappa shape index (κ1) is 17.0. The largest absolute Gasteiger partial charge is 0.355 e. The molecule has 1 aliphatic heterocycles. The van der Waals surface area contributed by atoms with E-state index in [0.29, 0.717) is 12.0 Å². The molecule has 1 fully saturated rings. The molecule has 1 aliphatic rings. The zero-order valence-electron chi connectivity index (χ0n) is 13.7. The number of nitrogens with one attached hydrogen (secondary N) is 2. The van der Waals surface area contributed by atoms with Gasteiger partial charge in [0.15, 0.2) is 5.96 Å². The van der Waals surface area contributed by atoms with Crippen LogP contribution in [0.2, 0.25) is 0 Å². The van der Waals surface area contributed by atoms with Crippen LogP contribution in [0.5, 0.6) is 0 Å². The third-order valence-corrected chi connectivity index (χ3v) is 4.17. The molecular weight excluding hydrogens is 248 g/mol. The molecule has 0 radical (unpaired) electrons. The maximum absolute atomic E-state index is 4.24. The van der Waals surface area contributed by atoms with Crippen LogP contribution in [0.25, 0.3) is 0 Å². The van der Waals surface area contributed by atoms with Crippen molar-refractivity contribution in [2.75, 3.05) is 33.2 Å². The lowest BCUT2D eigenvalue weighted by atomic mass is 9.94. The van der Waals surface area contributed by atoms with Gasteiger partial charge in [0.05, 0.1) is 0 Å². The van der Waals surface area contributed by atoms with Crippen LogP contribution in [-0.4, -0.2) is 50.1 Å². The molecular formula is C16H32N4. The summed E-state index contributed by atoms with van der Waals surface area (Å²) in [5, 5.41) is 6.67. The van der Waals surface area contributed by atoms with Gasteiger partial charge < -0.3 is 10.6 Å². The molecule has 4 nitrogen and oxygen atoms in total. The minimum atomic E-state index is 0.574. The Balaban J connectivity index is 2.48. The summed E-state index contributed by atoms with van der Waals surface area (Å²) >= 11 is 0. The Hall–Kier alpha value is -1.03. The fourth-order valence-electron chi connectivity index (χ4n) is 2.74. The molecule has 2 N–H and O–H groups in total. The Morgan fingerprint density at radius 1 is 1.35 bits per heavy atom. The second-order valence-electron chi connectivity index (χ2n) is 6.15. The highest BCUT2D eigenvalue weighted by Gasteiger charge is 2.25. The highest BCUT2D eigenvalue weighted by molar-refractivity contribution is 5.79. The lowest BCUT2D eigenvalue weighted by molar-refractivity contribution is 0.110. The molecule has 0 spiro atoms. The quantitative estimate of drug-likeness (QED) is 0.445. The number of piperidine rings is 1. The van der Waals surface area contributed by atoms with Crippen molar-refractivity contribution in [2.45, 2.75) is 39.7 Å². The lowest BCUT2D eigenvalue weighted by Crippen LogP contribution is -2.51. The summed E-state index contributed by atoms with van der Waals surface area (Å²) in [7, 11) is 1.81. The highest BCUT2D eigenvalue weighted by Crippen LogP contribution is 2.20.